The van der Waals surface area contributed by atoms with E-state index in [1.807, 2.05) is 0 Å². The first-order valence-electron chi connectivity index (χ1n) is 2.25. The molecular formula is C3H12CaMgO7S. The number of hydrogen-bond donors (Lipinski definition) is 4. The van der Waals surface area contributed by atoms with Crippen LogP contribution in [0, 0.1) is 0 Å². The Labute approximate surface area is 127 Å². The van der Waals surface area contributed by atoms with Gasteiger partial charge < -0.3 is 15.9 Å². The zero-order valence-electron chi connectivity index (χ0n) is 10.9. The van der Waals surface area contributed by atoms with Gasteiger partial charge in [-0.25, -0.2) is 4.79 Å². The van der Waals surface area contributed by atoms with Crippen molar-refractivity contribution < 1.29 is 38.2 Å². The minimum absolute atomic E-state index is 0. The number of aliphatic hydroxyl groups is 1. The largest absolute Gasteiger partial charge is 2.00 e. The second kappa shape index (κ2) is 11.4. The van der Waals surface area contributed by atoms with Gasteiger partial charge in [0.1, 0.15) is 6.10 Å². The predicted molar refractivity (Wildman–Crippen MR) is 49.5 cm³/mol. The summed E-state index contributed by atoms with van der Waals surface area (Å²) in [5, 5.41) is 15.8. The van der Waals surface area contributed by atoms with Gasteiger partial charge in [-0.1, -0.05) is 0 Å². The smallest absolute Gasteiger partial charge is 1.00 e. The Morgan fingerprint density at radius 1 is 1.38 bits per heavy atom. The van der Waals surface area contributed by atoms with E-state index in [2.05, 4.69) is 0 Å². The molecule has 7 nitrogen and oxygen atoms in total. The van der Waals surface area contributed by atoms with Gasteiger partial charge in [-0.3, -0.25) is 9.11 Å². The first kappa shape index (κ1) is 23.9. The van der Waals surface area contributed by atoms with Crippen molar-refractivity contribution in [1.29, 1.82) is 0 Å². The Morgan fingerprint density at radius 2 is 1.46 bits per heavy atom. The molecular weight excluding hydrogens is 244 g/mol. The molecule has 13 heavy (non-hydrogen) atoms. The Hall–Kier alpha value is 1.33. The van der Waals surface area contributed by atoms with Crippen LogP contribution >= 0.6 is 0 Å². The Morgan fingerprint density at radius 3 is 1.46 bits per heavy atom. The SMILES string of the molecule is CC(O)C(=O)O.O=S(=O)(O)O.[Ca+2].[H-].[H-].[H-].[H-].[Mg+2]. The summed E-state index contributed by atoms with van der Waals surface area (Å²) in [5.74, 6) is -1.19. The number of aliphatic hydroxyl groups excluding tert-OH is 1. The van der Waals surface area contributed by atoms with Crippen LogP contribution in [0.4, 0.5) is 0 Å². The summed E-state index contributed by atoms with van der Waals surface area (Å²) < 4.78 is 31.6. The van der Waals surface area contributed by atoms with Gasteiger partial charge in [0, 0.05) is 0 Å². The molecule has 0 saturated carbocycles. The molecule has 0 bridgehead atoms. The Balaban J connectivity index is -0.0000000118. The summed E-state index contributed by atoms with van der Waals surface area (Å²) in [6, 6.07) is 0. The third kappa shape index (κ3) is 60.3. The number of rotatable bonds is 1. The van der Waals surface area contributed by atoms with E-state index in [0.717, 1.165) is 0 Å². The summed E-state index contributed by atoms with van der Waals surface area (Å²) in [6.45, 7) is 1.20. The molecule has 0 fully saturated rings. The fraction of sp³-hybridized carbons (Fsp3) is 0.667. The van der Waals surface area contributed by atoms with Crippen LogP contribution in [0.2, 0.25) is 0 Å². The van der Waals surface area contributed by atoms with Gasteiger partial charge in [-0.2, -0.15) is 8.42 Å². The molecule has 0 amide bonds. The number of carbonyl (C=O) groups is 1. The van der Waals surface area contributed by atoms with Crippen molar-refractivity contribution in [2.75, 3.05) is 0 Å². The zero-order valence-corrected chi connectivity index (χ0v) is 11.4. The van der Waals surface area contributed by atoms with Crippen molar-refractivity contribution in [3.05, 3.63) is 0 Å². The van der Waals surface area contributed by atoms with Gasteiger partial charge in [0.05, 0.1) is 0 Å². The predicted octanol–water partition coefficient (Wildman–Crippen LogP) is -1.51. The van der Waals surface area contributed by atoms with E-state index in [1.54, 1.807) is 0 Å². The second-order valence-corrected chi connectivity index (χ2v) is 2.36. The van der Waals surface area contributed by atoms with Crippen LogP contribution in [0.3, 0.4) is 0 Å². The van der Waals surface area contributed by atoms with Crippen molar-refractivity contribution >= 4 is 77.2 Å². The quantitative estimate of drug-likeness (QED) is 0.331. The van der Waals surface area contributed by atoms with E-state index in [0.29, 0.717) is 0 Å². The Bertz CT molecular complexity index is 217. The number of aliphatic carboxylic acids is 1. The summed E-state index contributed by atoms with van der Waals surface area (Å²) in [4.78, 5) is 9.45. The van der Waals surface area contributed by atoms with Gasteiger partial charge >= 0.3 is 77.2 Å². The van der Waals surface area contributed by atoms with Crippen LogP contribution in [0.25, 0.3) is 0 Å². The number of carboxylic acids is 1. The molecule has 76 valence electrons. The van der Waals surface area contributed by atoms with E-state index in [-0.39, 0.29) is 66.5 Å². The van der Waals surface area contributed by atoms with Crippen LogP contribution in [0.5, 0.6) is 0 Å². The van der Waals surface area contributed by atoms with E-state index in [4.69, 9.17) is 27.7 Å². The summed E-state index contributed by atoms with van der Waals surface area (Å²) in [7, 11) is -4.67. The molecule has 0 aliphatic carbocycles. The number of hydrogen-bond acceptors (Lipinski definition) is 4. The monoisotopic (exact) mass is 256 g/mol. The summed E-state index contributed by atoms with van der Waals surface area (Å²) in [6.07, 6.45) is -1.23. The molecule has 0 radical (unpaired) electrons. The van der Waals surface area contributed by atoms with Crippen LogP contribution in [-0.4, -0.2) is 101 Å². The first-order chi connectivity index (χ1) is 4.64. The van der Waals surface area contributed by atoms with Crippen LogP contribution in [0.15, 0.2) is 0 Å². The van der Waals surface area contributed by atoms with Crippen LogP contribution < -0.4 is 0 Å². The standard InChI is InChI=1S/C3H6O3.Ca.Mg.H2O4S.4H/c1-2(4)3(5)6;;;1-5(2,3)4;;;;/h2,4H,1H3,(H,5,6);;;(H2,1,2,3,4);;;;/q;2*+2;;4*-1. The molecule has 1 unspecified atom stereocenters. The summed E-state index contributed by atoms with van der Waals surface area (Å²) in [5.41, 5.74) is 0. The molecule has 1 atom stereocenters. The van der Waals surface area contributed by atoms with Gasteiger partial charge in [0.25, 0.3) is 0 Å². The van der Waals surface area contributed by atoms with Crippen molar-refractivity contribution in [1.82, 2.24) is 0 Å². The van der Waals surface area contributed by atoms with Crippen molar-refractivity contribution in [3.8, 4) is 0 Å². The zero-order chi connectivity index (χ0) is 9.65. The molecule has 0 aromatic rings. The maximum atomic E-state index is 9.45. The van der Waals surface area contributed by atoms with Crippen molar-refractivity contribution in [2.24, 2.45) is 0 Å². The van der Waals surface area contributed by atoms with Gasteiger partial charge in [0.2, 0.25) is 0 Å². The third-order valence-electron chi connectivity index (χ3n) is 0.357. The van der Waals surface area contributed by atoms with E-state index < -0.39 is 22.5 Å². The van der Waals surface area contributed by atoms with E-state index >= 15 is 0 Å². The minimum atomic E-state index is -4.67. The molecule has 0 aliphatic rings. The number of carboxylic acid groups (broad SMARTS) is 1. The van der Waals surface area contributed by atoms with Crippen molar-refractivity contribution in [2.45, 2.75) is 13.0 Å². The average molecular weight is 257 g/mol. The summed E-state index contributed by atoms with van der Waals surface area (Å²) >= 11 is 0. The second-order valence-electron chi connectivity index (χ2n) is 1.46. The maximum absolute atomic E-state index is 9.45. The molecule has 0 spiro atoms. The van der Waals surface area contributed by atoms with Crippen LogP contribution in [0.1, 0.15) is 12.6 Å². The third-order valence-corrected chi connectivity index (χ3v) is 0.357. The fourth-order valence-corrected chi connectivity index (χ4v) is 0. The molecule has 0 heterocycles. The topological polar surface area (TPSA) is 132 Å². The average Bonchev–Trinajstić information content (AvgIpc) is 1.59. The molecule has 4 N–H and O–H groups in total. The fourth-order valence-electron chi connectivity index (χ4n) is 0. The van der Waals surface area contributed by atoms with Gasteiger partial charge in [-0.15, -0.1) is 0 Å². The van der Waals surface area contributed by atoms with Gasteiger partial charge in [-0.05, 0) is 6.92 Å². The molecule has 10 heteroatoms. The minimum Gasteiger partial charge on any atom is -1.00 e. The molecule has 0 saturated heterocycles. The first-order valence-corrected chi connectivity index (χ1v) is 3.65. The molecule has 0 aliphatic heterocycles. The molecule has 0 rings (SSSR count). The maximum Gasteiger partial charge on any atom is 2.00 e. The Kier molecular flexibility index (Phi) is 20.9. The normalized spacial score (nSPS) is 10.8. The van der Waals surface area contributed by atoms with Crippen LogP contribution in [-0.2, 0) is 15.2 Å². The van der Waals surface area contributed by atoms with Gasteiger partial charge in [0.15, 0.2) is 0 Å². The van der Waals surface area contributed by atoms with E-state index in [9.17, 15) is 4.79 Å². The van der Waals surface area contributed by atoms with E-state index in [1.165, 1.54) is 6.92 Å². The molecule has 0 aromatic carbocycles. The molecule has 0 aromatic heterocycles. The van der Waals surface area contributed by atoms with Crippen molar-refractivity contribution in [3.63, 3.8) is 0 Å².